The van der Waals surface area contributed by atoms with Crippen LogP contribution in [0.3, 0.4) is 0 Å². The number of anilines is 1. The summed E-state index contributed by atoms with van der Waals surface area (Å²) in [5.41, 5.74) is 3.25. The highest BCUT2D eigenvalue weighted by Gasteiger charge is 2.41. The maximum absolute atomic E-state index is 11.9. The summed E-state index contributed by atoms with van der Waals surface area (Å²) in [5.74, 6) is 5.05. The fourth-order valence-corrected chi connectivity index (χ4v) is 2.02. The number of pyridine rings is 1. The Kier molecular flexibility index (Phi) is 3.29. The highest BCUT2D eigenvalue weighted by Crippen LogP contribution is 2.26. The normalized spacial score (nSPS) is 23.6. The predicted molar refractivity (Wildman–Crippen MR) is 65.9 cm³/mol. The number of nitrogens with one attached hydrogen (secondary N) is 1. The second-order valence-corrected chi connectivity index (χ2v) is 4.53. The van der Waals surface area contributed by atoms with Gasteiger partial charge in [0.2, 0.25) is 11.8 Å². The fraction of sp³-hybridized carbons (Fsp3) is 0.417. The van der Waals surface area contributed by atoms with Crippen LogP contribution in [-0.4, -0.2) is 21.7 Å². The van der Waals surface area contributed by atoms with Gasteiger partial charge >= 0.3 is 0 Å². The molecule has 1 fully saturated rings. The first-order valence-corrected chi connectivity index (χ1v) is 5.81. The predicted octanol–water partition coefficient (Wildman–Crippen LogP) is 0.508. The maximum atomic E-state index is 11.9. The molecule has 0 spiro atoms. The van der Waals surface area contributed by atoms with Gasteiger partial charge in [-0.15, -0.1) is 0 Å². The summed E-state index contributed by atoms with van der Waals surface area (Å²) in [5, 5.41) is 0. The molecule has 2 atom stereocenters. The van der Waals surface area contributed by atoms with Crippen LogP contribution >= 0.6 is 0 Å². The summed E-state index contributed by atoms with van der Waals surface area (Å²) < 4.78 is 0. The van der Waals surface area contributed by atoms with Crippen LogP contribution in [0.5, 0.6) is 0 Å². The summed E-state index contributed by atoms with van der Waals surface area (Å²) >= 11 is 0. The molecule has 0 radical (unpaired) electrons. The summed E-state index contributed by atoms with van der Waals surface area (Å²) in [6.07, 6.45) is 1.59. The van der Waals surface area contributed by atoms with E-state index in [1.165, 1.54) is 4.90 Å². The van der Waals surface area contributed by atoms with Gasteiger partial charge in [0.15, 0.2) is 0 Å². The molecule has 2 amide bonds. The van der Waals surface area contributed by atoms with Crippen molar-refractivity contribution in [1.82, 2.24) is 9.88 Å². The second-order valence-electron chi connectivity index (χ2n) is 4.53. The molecule has 1 aliphatic rings. The maximum Gasteiger partial charge on any atom is 0.233 e. The van der Waals surface area contributed by atoms with Crippen molar-refractivity contribution in [2.24, 2.45) is 17.7 Å². The van der Waals surface area contributed by atoms with Gasteiger partial charge < -0.3 is 5.43 Å². The number of aromatic nitrogens is 1. The smallest absolute Gasteiger partial charge is 0.233 e. The number of hydrazine groups is 1. The van der Waals surface area contributed by atoms with Crippen LogP contribution in [0.25, 0.3) is 0 Å². The topological polar surface area (TPSA) is 88.3 Å². The van der Waals surface area contributed by atoms with Gasteiger partial charge in [0.1, 0.15) is 5.82 Å². The number of likely N-dealkylation sites (tertiary alicyclic amines) is 1. The molecule has 0 aliphatic carbocycles. The van der Waals surface area contributed by atoms with Crippen molar-refractivity contribution in [3.63, 3.8) is 0 Å². The third-order valence-corrected chi connectivity index (χ3v) is 3.37. The minimum absolute atomic E-state index is 0.119. The number of amides is 2. The van der Waals surface area contributed by atoms with Crippen LogP contribution in [-0.2, 0) is 16.1 Å². The van der Waals surface area contributed by atoms with Crippen LogP contribution in [0, 0.1) is 11.8 Å². The van der Waals surface area contributed by atoms with E-state index in [-0.39, 0.29) is 30.2 Å². The number of nitrogen functional groups attached to an aromatic ring is 1. The average molecular weight is 248 g/mol. The average Bonchev–Trinajstić information content (AvgIpc) is 2.57. The largest absolute Gasteiger partial charge is 0.308 e. The van der Waals surface area contributed by atoms with E-state index in [2.05, 4.69) is 10.4 Å². The lowest BCUT2D eigenvalue weighted by Crippen LogP contribution is -2.30. The monoisotopic (exact) mass is 248 g/mol. The van der Waals surface area contributed by atoms with E-state index in [4.69, 9.17) is 5.84 Å². The van der Waals surface area contributed by atoms with E-state index in [0.29, 0.717) is 5.82 Å². The van der Waals surface area contributed by atoms with Crippen molar-refractivity contribution < 1.29 is 9.59 Å². The van der Waals surface area contributed by atoms with E-state index < -0.39 is 0 Å². The number of rotatable bonds is 3. The molecule has 6 nitrogen and oxygen atoms in total. The zero-order chi connectivity index (χ0) is 13.3. The molecule has 18 heavy (non-hydrogen) atoms. The Hall–Kier alpha value is -1.95. The lowest BCUT2D eigenvalue weighted by atomic mass is 10.00. The molecule has 2 unspecified atom stereocenters. The van der Waals surface area contributed by atoms with Crippen molar-refractivity contribution >= 4 is 17.6 Å². The first-order valence-electron chi connectivity index (χ1n) is 5.81. The highest BCUT2D eigenvalue weighted by atomic mass is 16.2. The Labute approximate surface area is 105 Å². The molecule has 0 aromatic carbocycles. The lowest BCUT2D eigenvalue weighted by Gasteiger charge is -2.14. The molecular formula is C12H16N4O2. The number of hydrogen-bond acceptors (Lipinski definition) is 5. The van der Waals surface area contributed by atoms with Crippen molar-refractivity contribution in [1.29, 1.82) is 0 Å². The Morgan fingerprint density at radius 1 is 1.33 bits per heavy atom. The van der Waals surface area contributed by atoms with Crippen LogP contribution < -0.4 is 11.3 Å². The van der Waals surface area contributed by atoms with E-state index in [9.17, 15) is 9.59 Å². The Balaban J connectivity index is 2.18. The van der Waals surface area contributed by atoms with E-state index in [0.717, 1.165) is 5.56 Å². The molecule has 1 aliphatic heterocycles. The number of nitrogens with two attached hydrogens (primary N) is 1. The molecular weight excluding hydrogens is 232 g/mol. The molecule has 1 aromatic rings. The molecule has 2 rings (SSSR count). The zero-order valence-electron chi connectivity index (χ0n) is 10.4. The second kappa shape index (κ2) is 4.73. The molecule has 3 N–H and O–H groups in total. The Morgan fingerprint density at radius 2 is 1.94 bits per heavy atom. The Morgan fingerprint density at radius 3 is 2.50 bits per heavy atom. The van der Waals surface area contributed by atoms with Crippen LogP contribution in [0.15, 0.2) is 18.3 Å². The van der Waals surface area contributed by atoms with E-state index in [1.54, 1.807) is 32.2 Å². The summed E-state index contributed by atoms with van der Waals surface area (Å²) in [4.78, 5) is 29.1. The minimum Gasteiger partial charge on any atom is -0.308 e. The van der Waals surface area contributed by atoms with Gasteiger partial charge in [-0.3, -0.25) is 14.5 Å². The minimum atomic E-state index is -0.244. The third-order valence-electron chi connectivity index (χ3n) is 3.37. The molecule has 6 heteroatoms. The van der Waals surface area contributed by atoms with Gasteiger partial charge in [0.25, 0.3) is 0 Å². The molecule has 0 saturated carbocycles. The number of nitrogens with zero attached hydrogens (tertiary/aromatic N) is 2. The molecule has 1 saturated heterocycles. The zero-order valence-corrected chi connectivity index (χ0v) is 10.4. The summed E-state index contributed by atoms with van der Waals surface area (Å²) in [6, 6.07) is 3.48. The van der Waals surface area contributed by atoms with Gasteiger partial charge in [-0.05, 0) is 17.7 Å². The number of imide groups is 1. The van der Waals surface area contributed by atoms with Crippen molar-refractivity contribution in [3.8, 4) is 0 Å². The van der Waals surface area contributed by atoms with Gasteiger partial charge in [-0.25, -0.2) is 10.8 Å². The van der Waals surface area contributed by atoms with Crippen molar-refractivity contribution in [3.05, 3.63) is 23.9 Å². The number of carbonyl (C=O) groups is 2. The molecule has 0 bridgehead atoms. The quantitative estimate of drug-likeness (QED) is 0.462. The highest BCUT2D eigenvalue weighted by molar-refractivity contribution is 6.04. The first kappa shape index (κ1) is 12.5. The standard InChI is InChI=1S/C12H16N4O2/c1-7-8(2)12(18)16(11(7)17)6-9-3-4-14-10(5-9)15-13/h3-5,7-8H,6,13H2,1-2H3,(H,14,15). The Bertz CT molecular complexity index is 469. The van der Waals surface area contributed by atoms with Gasteiger partial charge in [0.05, 0.1) is 6.54 Å². The lowest BCUT2D eigenvalue weighted by molar-refractivity contribution is -0.140. The van der Waals surface area contributed by atoms with Gasteiger partial charge in [-0.1, -0.05) is 13.8 Å². The molecule has 2 heterocycles. The van der Waals surface area contributed by atoms with E-state index >= 15 is 0 Å². The number of carbonyl (C=O) groups excluding carboxylic acids is 2. The first-order chi connectivity index (χ1) is 8.54. The molecule has 96 valence electrons. The fourth-order valence-electron chi connectivity index (χ4n) is 2.02. The third kappa shape index (κ3) is 2.06. The SMILES string of the molecule is CC1C(=O)N(Cc2ccnc(NN)c2)C(=O)C1C. The van der Waals surface area contributed by atoms with Crippen LogP contribution in [0.2, 0.25) is 0 Å². The van der Waals surface area contributed by atoms with Crippen molar-refractivity contribution in [2.75, 3.05) is 5.43 Å². The molecule has 1 aromatic heterocycles. The summed E-state index contributed by atoms with van der Waals surface area (Å²) in [7, 11) is 0. The van der Waals surface area contributed by atoms with Crippen LogP contribution in [0.4, 0.5) is 5.82 Å². The van der Waals surface area contributed by atoms with Gasteiger partial charge in [-0.2, -0.15) is 0 Å². The van der Waals surface area contributed by atoms with Gasteiger partial charge in [0, 0.05) is 18.0 Å². The van der Waals surface area contributed by atoms with E-state index in [1.807, 2.05) is 0 Å². The van der Waals surface area contributed by atoms with Crippen LogP contribution in [0.1, 0.15) is 19.4 Å². The van der Waals surface area contributed by atoms with Crippen molar-refractivity contribution in [2.45, 2.75) is 20.4 Å². The number of hydrogen-bond donors (Lipinski definition) is 2. The summed E-state index contributed by atoms with van der Waals surface area (Å²) in [6.45, 7) is 3.83.